The topological polar surface area (TPSA) is 236 Å². The molecule has 3 unspecified atom stereocenters. The highest BCUT2D eigenvalue weighted by molar-refractivity contribution is 5.96. The Kier molecular flexibility index (Phi) is 18.7. The fourth-order valence-corrected chi connectivity index (χ4v) is 8.84. The number of aromatic nitrogens is 2. The van der Waals surface area contributed by atoms with E-state index in [0.717, 1.165) is 79.8 Å². The van der Waals surface area contributed by atoms with Crippen LogP contribution in [0, 0.1) is 23.7 Å². The van der Waals surface area contributed by atoms with Crippen molar-refractivity contribution in [1.82, 2.24) is 30.4 Å². The number of likely N-dealkylation sites (tertiary alicyclic amines) is 2. The van der Waals surface area contributed by atoms with Gasteiger partial charge in [0.2, 0.25) is 0 Å². The van der Waals surface area contributed by atoms with E-state index in [-0.39, 0.29) is 47.7 Å². The van der Waals surface area contributed by atoms with Gasteiger partial charge in [-0.3, -0.25) is 24.2 Å². The molecule has 0 bridgehead atoms. The molecule has 3 aromatic carbocycles. The van der Waals surface area contributed by atoms with E-state index in [1.807, 2.05) is 67.3 Å². The average molecular weight is 905 g/mol. The number of carbonyl (C=O) groups is 4. The number of esters is 2. The number of amides is 2. The van der Waals surface area contributed by atoms with Crippen molar-refractivity contribution >= 4 is 29.7 Å². The number of hydrogen-bond acceptors (Lipinski definition) is 11. The molecule has 2 amide bonds. The first-order chi connectivity index (χ1) is 31.7. The van der Waals surface area contributed by atoms with Crippen LogP contribution in [0.15, 0.2) is 103 Å². The fraction of sp³-hybridized carbons (Fsp3) is 0.440. The van der Waals surface area contributed by atoms with Gasteiger partial charge in [-0.2, -0.15) is 0 Å². The Morgan fingerprint density at radius 2 is 1.30 bits per heavy atom. The Hall–Kier alpha value is -6.68. The van der Waals surface area contributed by atoms with Crippen LogP contribution in [0.1, 0.15) is 78.7 Å². The maximum Gasteiger partial charge on any atom is 0.310 e. The molecule has 0 spiro atoms. The summed E-state index contributed by atoms with van der Waals surface area (Å²) in [6, 6.07) is 21.9. The molecule has 2 fully saturated rings. The minimum Gasteiger partial charge on any atom is -0.469 e. The summed E-state index contributed by atoms with van der Waals surface area (Å²) in [7, 11) is 4.45. The number of nitrogens with two attached hydrogens (primary N) is 3. The predicted molar refractivity (Wildman–Crippen MR) is 257 cm³/mol. The Balaban J connectivity index is 0.000000249. The Morgan fingerprint density at radius 1 is 0.788 bits per heavy atom. The van der Waals surface area contributed by atoms with Crippen LogP contribution in [-0.4, -0.2) is 109 Å². The number of rotatable bonds is 16. The summed E-state index contributed by atoms with van der Waals surface area (Å²) in [6.45, 7) is 11.3. The van der Waals surface area contributed by atoms with Crippen LogP contribution >= 0.6 is 0 Å². The summed E-state index contributed by atoms with van der Waals surface area (Å²) >= 11 is 0. The number of nitrogens with zero attached hydrogens (tertiary/aromatic N) is 4. The summed E-state index contributed by atoms with van der Waals surface area (Å²) < 4.78 is 10.1. The summed E-state index contributed by atoms with van der Waals surface area (Å²) in [5.74, 6) is -0.348. The molecule has 6 atom stereocenters. The lowest BCUT2D eigenvalue weighted by Gasteiger charge is -2.36. The first-order valence-corrected chi connectivity index (χ1v) is 22.7. The number of ether oxygens (including phenoxy) is 2. The molecule has 0 aliphatic carbocycles. The van der Waals surface area contributed by atoms with Crippen LogP contribution in [0.3, 0.4) is 0 Å². The van der Waals surface area contributed by atoms with E-state index in [2.05, 4.69) is 37.1 Å². The third-order valence-corrected chi connectivity index (χ3v) is 12.7. The van der Waals surface area contributed by atoms with Crippen molar-refractivity contribution in [3.05, 3.63) is 114 Å². The van der Waals surface area contributed by atoms with E-state index < -0.39 is 11.8 Å². The second-order valence-corrected chi connectivity index (χ2v) is 17.3. The smallest absolute Gasteiger partial charge is 0.310 e. The van der Waals surface area contributed by atoms with Crippen molar-refractivity contribution < 1.29 is 28.7 Å². The molecule has 0 saturated carbocycles. The first-order valence-electron chi connectivity index (χ1n) is 22.7. The minimum absolute atomic E-state index is 0.221. The van der Waals surface area contributed by atoms with Gasteiger partial charge in [0, 0.05) is 63.0 Å². The number of piperidine rings is 2. The van der Waals surface area contributed by atoms with Crippen LogP contribution in [-0.2, 0) is 25.6 Å². The standard InChI is InChI=1S/C27H37N5O3.C23H31N5O3/c1-18(24(26(34)35-3)15-20-7-5-13-32(17-20)27(29)30-2)31-25(33)22-11-9-21(10-12-22)23-8-4-6-19(14-23)16-28;1-15(20(23(30)31-3)11-17-5-4-10-28(13-17)16(2)24)27-22(29)19-8-6-18(7-9-19)21-12-25-14-26-21/h4,6,8-12,14,18,20,24H,5,7,13,15-17,28H2,1-3H3,(H2,29,30)(H,31,33);6-9,12,14-15,17,20H,2,4-5,10-11,13,24H2,1,3H3,(H,25,26)(H,27,29)/t18-,20?,24?;15-,17?,20-/m11/s1. The van der Waals surface area contributed by atoms with Gasteiger partial charge in [0.1, 0.15) is 0 Å². The van der Waals surface area contributed by atoms with Crippen LogP contribution in [0.25, 0.3) is 22.4 Å². The highest BCUT2D eigenvalue weighted by atomic mass is 16.5. The molecule has 16 heteroatoms. The van der Waals surface area contributed by atoms with E-state index in [4.69, 9.17) is 26.7 Å². The van der Waals surface area contributed by atoms with Crippen molar-refractivity contribution in [3.63, 3.8) is 0 Å². The van der Waals surface area contributed by atoms with Gasteiger partial charge in [-0.05, 0) is 117 Å². The molecule has 354 valence electrons. The van der Waals surface area contributed by atoms with Gasteiger partial charge in [-0.15, -0.1) is 0 Å². The van der Waals surface area contributed by atoms with Gasteiger partial charge in [0.25, 0.3) is 11.8 Å². The molecule has 2 saturated heterocycles. The van der Waals surface area contributed by atoms with Gasteiger partial charge in [-0.1, -0.05) is 49.0 Å². The highest BCUT2D eigenvalue weighted by Gasteiger charge is 2.34. The van der Waals surface area contributed by atoms with Crippen LogP contribution in [0.4, 0.5) is 0 Å². The van der Waals surface area contributed by atoms with Crippen molar-refractivity contribution in [3.8, 4) is 22.4 Å². The number of aromatic amines is 1. The lowest BCUT2D eigenvalue weighted by atomic mass is 9.85. The average Bonchev–Trinajstić information content (AvgIpc) is 3.90. The molecule has 2 aliphatic heterocycles. The van der Waals surface area contributed by atoms with Crippen LogP contribution in [0.2, 0.25) is 0 Å². The lowest BCUT2D eigenvalue weighted by Crippen LogP contribution is -2.47. The number of aliphatic imine (C=N–C) groups is 1. The Labute approximate surface area is 388 Å². The van der Waals surface area contributed by atoms with Gasteiger partial charge in [-0.25, -0.2) is 4.98 Å². The number of hydrogen-bond donors (Lipinski definition) is 6. The molecular formula is C50H68N10O6. The van der Waals surface area contributed by atoms with Gasteiger partial charge in [0.15, 0.2) is 5.96 Å². The number of nitrogens with one attached hydrogen (secondary N) is 3. The highest BCUT2D eigenvalue weighted by Crippen LogP contribution is 2.29. The fourth-order valence-electron chi connectivity index (χ4n) is 8.84. The summed E-state index contributed by atoms with van der Waals surface area (Å²) in [5, 5.41) is 5.98. The number of carbonyl (C=O) groups excluding carboxylic acids is 4. The first kappa shape index (κ1) is 50.3. The lowest BCUT2D eigenvalue weighted by molar-refractivity contribution is -0.148. The number of imidazole rings is 1. The molecule has 6 rings (SSSR count). The van der Waals surface area contributed by atoms with Gasteiger partial charge in [0.05, 0.1) is 50.1 Å². The zero-order chi connectivity index (χ0) is 47.8. The Morgan fingerprint density at radius 3 is 1.77 bits per heavy atom. The maximum absolute atomic E-state index is 13.0. The number of guanidine groups is 1. The molecular weight excluding hydrogens is 837 g/mol. The predicted octanol–water partition coefficient (Wildman–Crippen LogP) is 5.28. The monoisotopic (exact) mass is 905 g/mol. The van der Waals surface area contributed by atoms with E-state index in [1.165, 1.54) is 14.2 Å². The second kappa shape index (κ2) is 24.6. The van der Waals surface area contributed by atoms with E-state index in [9.17, 15) is 19.2 Å². The number of benzene rings is 3. The molecule has 0 radical (unpaired) electrons. The maximum atomic E-state index is 13.0. The normalized spacial score (nSPS) is 18.1. The molecule has 16 nitrogen and oxygen atoms in total. The van der Waals surface area contributed by atoms with Crippen LogP contribution in [0.5, 0.6) is 0 Å². The zero-order valence-corrected chi connectivity index (χ0v) is 39.0. The molecule has 4 aromatic rings. The van der Waals surface area contributed by atoms with Crippen LogP contribution < -0.4 is 27.8 Å². The summed E-state index contributed by atoms with van der Waals surface area (Å²) in [6.07, 6.45) is 8.55. The molecule has 9 N–H and O–H groups in total. The van der Waals surface area contributed by atoms with E-state index in [1.54, 1.807) is 43.8 Å². The van der Waals surface area contributed by atoms with Gasteiger partial charge < -0.3 is 52.1 Å². The molecule has 2 aliphatic rings. The second-order valence-electron chi connectivity index (χ2n) is 17.3. The van der Waals surface area contributed by atoms with Crippen molar-refractivity contribution in [2.24, 2.45) is 45.9 Å². The zero-order valence-electron chi connectivity index (χ0n) is 39.0. The number of H-pyrrole nitrogens is 1. The molecule has 66 heavy (non-hydrogen) atoms. The third kappa shape index (κ3) is 13.9. The number of methoxy groups -OCH3 is 2. The van der Waals surface area contributed by atoms with Crippen molar-refractivity contribution in [2.75, 3.05) is 47.4 Å². The Bertz CT molecular complexity index is 2250. The van der Waals surface area contributed by atoms with Crippen molar-refractivity contribution in [1.29, 1.82) is 0 Å². The SMILES string of the molecule is C=C(N)N1CCCC(C[C@@H](C(=O)OC)[C@@H](C)NC(=O)c2ccc(-c3cnc[nH]3)cc2)C1.CN=C(N)N1CCCC(CC(C(=O)OC)[C@@H](C)NC(=O)c2ccc(-c3cccc(CN)c3)cc2)C1. The van der Waals surface area contributed by atoms with Gasteiger partial charge >= 0.3 is 11.9 Å². The van der Waals surface area contributed by atoms with E-state index in [0.29, 0.717) is 42.3 Å². The third-order valence-electron chi connectivity index (χ3n) is 12.7. The molecule has 3 heterocycles. The largest absolute Gasteiger partial charge is 0.469 e. The molecule has 1 aromatic heterocycles. The van der Waals surface area contributed by atoms with E-state index >= 15 is 0 Å². The minimum atomic E-state index is -0.452. The quantitative estimate of drug-likeness (QED) is 0.0479. The van der Waals surface area contributed by atoms with Crippen molar-refractivity contribution in [2.45, 2.75) is 71.0 Å². The summed E-state index contributed by atoms with van der Waals surface area (Å²) in [4.78, 5) is 66.1. The summed E-state index contributed by atoms with van der Waals surface area (Å²) in [5.41, 5.74) is 23.6.